The van der Waals surface area contributed by atoms with Gasteiger partial charge in [0.15, 0.2) is 0 Å². The van der Waals surface area contributed by atoms with Gasteiger partial charge in [0.2, 0.25) is 0 Å². The zero-order valence-electron chi connectivity index (χ0n) is 38.3. The van der Waals surface area contributed by atoms with Crippen molar-refractivity contribution < 1.29 is 27.3 Å². The first-order valence-electron chi connectivity index (χ1n) is 22.1. The third kappa shape index (κ3) is 8.83. The molecule has 0 aliphatic rings. The Bertz CT molecular complexity index is 2730. The van der Waals surface area contributed by atoms with Gasteiger partial charge in [-0.3, -0.25) is 4.98 Å². The van der Waals surface area contributed by atoms with E-state index in [0.717, 1.165) is 79.3 Å². The van der Waals surface area contributed by atoms with Crippen molar-refractivity contribution in [3.8, 4) is 28.3 Å². The summed E-state index contributed by atoms with van der Waals surface area (Å²) in [5.41, 5.74) is 10.6. The maximum absolute atomic E-state index is 8.97. The number of hydrogen-bond acceptors (Lipinski definition) is 3. The maximum atomic E-state index is 8.97. The predicted molar refractivity (Wildman–Crippen MR) is 249 cm³/mol. The summed E-state index contributed by atoms with van der Waals surface area (Å²) in [6.45, 7) is 21.8. The number of furan rings is 1. The van der Waals surface area contributed by atoms with Crippen LogP contribution in [0.4, 0.5) is 0 Å². The van der Waals surface area contributed by atoms with E-state index in [1.54, 1.807) is 0 Å². The van der Waals surface area contributed by atoms with Gasteiger partial charge in [-0.05, 0) is 63.8 Å². The second kappa shape index (κ2) is 18.3. The zero-order valence-corrected chi connectivity index (χ0v) is 39.7. The molecule has 1 radical (unpaired) electrons. The van der Waals surface area contributed by atoms with Crippen LogP contribution in [0.25, 0.3) is 61.3 Å². The quantitative estimate of drug-likeness (QED) is 0.101. The number of rotatable bonds is 10. The van der Waals surface area contributed by atoms with Gasteiger partial charge in [-0.1, -0.05) is 158 Å². The topological polar surface area (TPSA) is 43.9 Å². The SMILES string of the molecule is CC(C)c1cccc(C(C)C)c1-n1c(-c2[c-]ccc3c2oc2ccccc23)nc2ccccc21.[2H]C([2H])(c1cc(-c2[c-]cccc2)ncc1[Si](CC)(CC)CC)C(C)(C)C.[Ir]. The van der Waals surface area contributed by atoms with Gasteiger partial charge in [-0.2, -0.15) is 0 Å². The van der Waals surface area contributed by atoms with E-state index in [1.165, 1.54) is 22.0 Å². The average Bonchev–Trinajstić information content (AvgIpc) is 3.83. The van der Waals surface area contributed by atoms with Gasteiger partial charge in [0.1, 0.15) is 5.58 Å². The van der Waals surface area contributed by atoms with Crippen molar-refractivity contribution in [2.45, 2.75) is 106 Å². The van der Waals surface area contributed by atoms with Gasteiger partial charge >= 0.3 is 0 Å². The zero-order chi connectivity index (χ0) is 43.0. The van der Waals surface area contributed by atoms with Crippen LogP contribution in [-0.2, 0) is 26.5 Å². The Hall–Kier alpha value is -4.61. The molecule has 0 atom stereocenters. The minimum atomic E-state index is -1.76. The molecule has 0 bridgehead atoms. The number of fused-ring (bicyclic) bond motifs is 4. The van der Waals surface area contributed by atoms with E-state index < -0.39 is 19.9 Å². The molecule has 3 heterocycles. The average molecular weight is 976 g/mol. The summed E-state index contributed by atoms with van der Waals surface area (Å²) >= 11 is 0. The maximum Gasteiger partial charge on any atom is 0.120 e. The fourth-order valence-electron chi connectivity index (χ4n) is 8.45. The molecule has 8 rings (SSSR count). The molecular weight excluding hydrogens is 915 g/mol. The number of para-hydroxylation sites is 4. The van der Waals surface area contributed by atoms with Gasteiger partial charge in [-0.15, -0.1) is 54.1 Å². The van der Waals surface area contributed by atoms with E-state index in [-0.39, 0.29) is 20.1 Å². The summed E-state index contributed by atoms with van der Waals surface area (Å²) in [5, 5.41) is 3.40. The van der Waals surface area contributed by atoms with E-state index in [2.05, 4.69) is 120 Å². The monoisotopic (exact) mass is 976 g/mol. The molecule has 59 heavy (non-hydrogen) atoms. The summed E-state index contributed by atoms with van der Waals surface area (Å²) < 4.78 is 26.7. The van der Waals surface area contributed by atoms with Crippen LogP contribution in [0.3, 0.4) is 0 Å². The normalized spacial score (nSPS) is 12.7. The molecule has 0 saturated heterocycles. The summed E-state index contributed by atoms with van der Waals surface area (Å²) in [5.74, 6) is 1.60. The second-order valence-electron chi connectivity index (χ2n) is 17.2. The smallest absolute Gasteiger partial charge is 0.120 e. The van der Waals surface area contributed by atoms with Crippen LogP contribution in [0.1, 0.15) is 101 Å². The molecule has 0 unspecified atom stereocenters. The fourth-order valence-corrected chi connectivity index (χ4v) is 12.1. The van der Waals surface area contributed by atoms with E-state index in [9.17, 15) is 0 Å². The molecule has 8 aromatic rings. The number of nitrogens with zero attached hydrogens (tertiary/aromatic N) is 3. The first-order chi connectivity index (χ1) is 28.7. The molecule has 5 aromatic carbocycles. The number of benzene rings is 5. The third-order valence-corrected chi connectivity index (χ3v) is 17.3. The van der Waals surface area contributed by atoms with Crippen LogP contribution in [0.2, 0.25) is 18.1 Å². The molecule has 0 spiro atoms. The van der Waals surface area contributed by atoms with Gasteiger partial charge in [0, 0.05) is 40.1 Å². The van der Waals surface area contributed by atoms with Crippen molar-refractivity contribution in [1.82, 2.24) is 14.5 Å². The van der Waals surface area contributed by atoms with E-state index >= 15 is 0 Å². The Morgan fingerprint density at radius 1 is 0.763 bits per heavy atom. The summed E-state index contributed by atoms with van der Waals surface area (Å²) in [6.07, 6.45) is 0.560. The Kier molecular flexibility index (Phi) is 12.8. The first-order valence-corrected chi connectivity index (χ1v) is 23.7. The molecule has 4 nitrogen and oxygen atoms in total. The minimum absolute atomic E-state index is 0. The van der Waals surface area contributed by atoms with Crippen LogP contribution in [-0.4, -0.2) is 22.6 Å². The minimum Gasteiger partial charge on any atom is -0.501 e. The Balaban J connectivity index is 0.000000209. The summed E-state index contributed by atoms with van der Waals surface area (Å²) in [7, 11) is -1.76. The van der Waals surface area contributed by atoms with E-state index in [0.29, 0.717) is 11.8 Å². The van der Waals surface area contributed by atoms with Gasteiger partial charge in [0.05, 0.1) is 30.5 Å². The van der Waals surface area contributed by atoms with Crippen molar-refractivity contribution in [2.75, 3.05) is 0 Å². The Labute approximate surface area is 369 Å². The van der Waals surface area contributed by atoms with Crippen LogP contribution < -0.4 is 5.19 Å². The third-order valence-electron chi connectivity index (χ3n) is 11.7. The molecule has 0 fully saturated rings. The molecule has 0 aliphatic carbocycles. The molecule has 307 valence electrons. The number of imidazole rings is 1. The number of pyridine rings is 1. The van der Waals surface area contributed by atoms with Gasteiger partial charge < -0.3 is 14.0 Å². The number of hydrogen-bond donors (Lipinski definition) is 0. The Morgan fingerprint density at radius 2 is 1.42 bits per heavy atom. The van der Waals surface area contributed by atoms with E-state index in [4.69, 9.17) is 17.1 Å². The van der Waals surface area contributed by atoms with Crippen LogP contribution in [0, 0.1) is 17.5 Å². The molecule has 0 saturated carbocycles. The van der Waals surface area contributed by atoms with Gasteiger partial charge in [-0.25, -0.2) is 0 Å². The summed E-state index contributed by atoms with van der Waals surface area (Å²) in [4.78, 5) is 9.90. The van der Waals surface area contributed by atoms with Crippen molar-refractivity contribution in [3.63, 3.8) is 0 Å². The standard InChI is InChI=1S/C31H27N2O.C22H32NSi.Ir/c1-19(2)21-12-9-13-22(20(3)4)29(21)33-27-17-7-6-16-26(27)32-31(33)25-15-10-14-24-23-11-5-8-18-28(23)34-30(24)25;1-7-24(8-2,9-3)21-17-23-20(18-13-11-10-12-14-18)15-19(21)16-22(4,5)6;/h5-14,16-20H,1-4H3;10-13,15,17H,7-9,16H2,1-6H3;/q2*-1;/i;16D2;. The molecule has 3 aromatic heterocycles. The van der Waals surface area contributed by atoms with Crippen LogP contribution in [0.15, 0.2) is 120 Å². The fraction of sp³-hybridized carbons (Fsp3) is 0.321. The van der Waals surface area contributed by atoms with Crippen LogP contribution in [0.5, 0.6) is 0 Å². The molecule has 6 heteroatoms. The molecule has 0 aliphatic heterocycles. The summed E-state index contributed by atoms with van der Waals surface area (Å²) in [6, 6.07) is 47.2. The molecule has 0 amide bonds. The van der Waals surface area contributed by atoms with Gasteiger partial charge in [0.25, 0.3) is 0 Å². The predicted octanol–water partition coefficient (Wildman–Crippen LogP) is 14.5. The van der Waals surface area contributed by atoms with Crippen LogP contribution >= 0.6 is 0 Å². The molecular formula is C53H59IrN3OSi-2. The van der Waals surface area contributed by atoms with Crippen molar-refractivity contribution in [2.24, 2.45) is 5.41 Å². The largest absolute Gasteiger partial charge is 0.501 e. The van der Waals surface area contributed by atoms with Crippen molar-refractivity contribution >= 4 is 46.2 Å². The van der Waals surface area contributed by atoms with Crippen molar-refractivity contribution in [1.29, 1.82) is 0 Å². The molecule has 0 N–H and O–H groups in total. The Morgan fingerprint density at radius 3 is 2.07 bits per heavy atom. The second-order valence-corrected chi connectivity index (χ2v) is 22.4. The van der Waals surface area contributed by atoms with Crippen molar-refractivity contribution in [3.05, 3.63) is 144 Å². The number of aromatic nitrogens is 3. The van der Waals surface area contributed by atoms with E-state index in [1.807, 2.05) is 81.6 Å². The first kappa shape index (κ1) is 41.1.